The maximum absolute atomic E-state index is 15.0. The molecule has 0 amide bonds. The quantitative estimate of drug-likeness (QED) is 0.175. The SMILES string of the molecule is CCCc1ccc(-c2ccc(-c3ccc(CCc4cc(F)c(F)c(F)c4)c(F)c3)c(F)c2F)c(F)c1. The molecule has 4 aromatic rings. The van der Waals surface area contributed by atoms with Gasteiger partial charge in [0.05, 0.1) is 0 Å². The van der Waals surface area contributed by atoms with Crippen LogP contribution in [0.5, 0.6) is 0 Å². The molecule has 186 valence electrons. The maximum atomic E-state index is 15.0. The summed E-state index contributed by atoms with van der Waals surface area (Å²) in [6.07, 6.45) is 1.55. The van der Waals surface area contributed by atoms with Crippen LogP contribution in [-0.4, -0.2) is 0 Å². The maximum Gasteiger partial charge on any atom is 0.194 e. The average Bonchev–Trinajstić information content (AvgIpc) is 2.84. The Kier molecular flexibility index (Phi) is 7.48. The molecule has 7 heteroatoms. The molecule has 0 heterocycles. The molecule has 0 aliphatic heterocycles. The van der Waals surface area contributed by atoms with Gasteiger partial charge in [-0.05, 0) is 65.8 Å². The zero-order chi connectivity index (χ0) is 26.0. The molecule has 36 heavy (non-hydrogen) atoms. The average molecular weight is 502 g/mol. The normalized spacial score (nSPS) is 11.2. The minimum Gasteiger partial charge on any atom is -0.207 e. The summed E-state index contributed by atoms with van der Waals surface area (Å²) >= 11 is 0. The molecule has 0 saturated carbocycles. The molecule has 4 rings (SSSR count). The largest absolute Gasteiger partial charge is 0.207 e. The van der Waals surface area contributed by atoms with Crippen molar-refractivity contribution in [1.29, 1.82) is 0 Å². The van der Waals surface area contributed by atoms with Gasteiger partial charge in [0.25, 0.3) is 0 Å². The van der Waals surface area contributed by atoms with Crippen molar-refractivity contribution in [3.05, 3.63) is 118 Å². The van der Waals surface area contributed by atoms with E-state index in [-0.39, 0.29) is 46.2 Å². The van der Waals surface area contributed by atoms with Gasteiger partial charge in [-0.25, -0.2) is 30.7 Å². The van der Waals surface area contributed by atoms with Gasteiger partial charge in [-0.1, -0.05) is 49.7 Å². The smallest absolute Gasteiger partial charge is 0.194 e. The molecule has 0 unspecified atom stereocenters. The molecule has 0 saturated heterocycles. The first-order chi connectivity index (χ1) is 17.2. The second kappa shape index (κ2) is 10.6. The van der Waals surface area contributed by atoms with Crippen LogP contribution in [0.4, 0.5) is 30.7 Å². The van der Waals surface area contributed by atoms with Gasteiger partial charge in [0.15, 0.2) is 29.1 Å². The van der Waals surface area contributed by atoms with E-state index in [0.29, 0.717) is 6.42 Å². The van der Waals surface area contributed by atoms with E-state index in [0.717, 1.165) is 30.2 Å². The highest BCUT2D eigenvalue weighted by Gasteiger charge is 2.19. The fourth-order valence-electron chi connectivity index (χ4n) is 4.15. The van der Waals surface area contributed by atoms with Crippen LogP contribution in [0.3, 0.4) is 0 Å². The number of hydrogen-bond donors (Lipinski definition) is 0. The van der Waals surface area contributed by atoms with E-state index >= 15 is 0 Å². The summed E-state index contributed by atoms with van der Waals surface area (Å²) < 4.78 is 99.0. The van der Waals surface area contributed by atoms with Gasteiger partial charge in [-0.15, -0.1) is 0 Å². The van der Waals surface area contributed by atoms with Crippen LogP contribution in [0, 0.1) is 40.7 Å². The summed E-state index contributed by atoms with van der Waals surface area (Å²) in [5.74, 6) is -8.13. The zero-order valence-corrected chi connectivity index (χ0v) is 19.2. The topological polar surface area (TPSA) is 0 Å². The third kappa shape index (κ3) is 5.15. The number of benzene rings is 4. The molecule has 0 aromatic heterocycles. The van der Waals surface area contributed by atoms with E-state index in [9.17, 15) is 30.7 Å². The van der Waals surface area contributed by atoms with Crippen molar-refractivity contribution in [2.75, 3.05) is 0 Å². The van der Waals surface area contributed by atoms with Crippen molar-refractivity contribution < 1.29 is 30.7 Å². The van der Waals surface area contributed by atoms with Crippen LogP contribution in [0.2, 0.25) is 0 Å². The Bertz CT molecular complexity index is 1400. The van der Waals surface area contributed by atoms with E-state index < -0.39 is 40.7 Å². The lowest BCUT2D eigenvalue weighted by Gasteiger charge is -2.12. The minimum absolute atomic E-state index is 0.0324. The van der Waals surface area contributed by atoms with Crippen molar-refractivity contribution >= 4 is 0 Å². The van der Waals surface area contributed by atoms with Gasteiger partial charge in [0, 0.05) is 16.7 Å². The third-order valence-electron chi connectivity index (χ3n) is 6.04. The van der Waals surface area contributed by atoms with Crippen LogP contribution >= 0.6 is 0 Å². The molecule has 0 N–H and O–H groups in total. The molecular formula is C29H21F7. The summed E-state index contributed by atoms with van der Waals surface area (Å²) in [6, 6.07) is 12.3. The van der Waals surface area contributed by atoms with Crippen LogP contribution < -0.4 is 0 Å². The molecule has 0 atom stereocenters. The molecule has 0 aliphatic rings. The Labute approximate surface area is 204 Å². The van der Waals surface area contributed by atoms with Gasteiger partial charge in [-0.2, -0.15) is 0 Å². The Morgan fingerprint density at radius 1 is 0.472 bits per heavy atom. The van der Waals surface area contributed by atoms with Crippen LogP contribution in [-0.2, 0) is 19.3 Å². The fourth-order valence-corrected chi connectivity index (χ4v) is 4.15. The van der Waals surface area contributed by atoms with Gasteiger partial charge in [-0.3, -0.25) is 0 Å². The number of hydrogen-bond acceptors (Lipinski definition) is 0. The Morgan fingerprint density at radius 2 is 1.08 bits per heavy atom. The predicted octanol–water partition coefficient (Wildman–Crippen LogP) is 8.73. The Hall–Kier alpha value is -3.61. The lowest BCUT2D eigenvalue weighted by molar-refractivity contribution is 0.445. The van der Waals surface area contributed by atoms with E-state index in [2.05, 4.69) is 0 Å². The van der Waals surface area contributed by atoms with E-state index in [1.807, 2.05) is 6.92 Å². The summed E-state index contributed by atoms with van der Waals surface area (Å²) in [4.78, 5) is 0. The second-order valence-corrected chi connectivity index (χ2v) is 8.53. The highest BCUT2D eigenvalue weighted by Crippen LogP contribution is 2.34. The van der Waals surface area contributed by atoms with Crippen LogP contribution in [0.25, 0.3) is 22.3 Å². The van der Waals surface area contributed by atoms with Crippen LogP contribution in [0.1, 0.15) is 30.0 Å². The summed E-state index contributed by atoms with van der Waals surface area (Å²) in [5.41, 5.74) is 0.621. The molecule has 4 aromatic carbocycles. The first-order valence-corrected chi connectivity index (χ1v) is 11.4. The predicted molar refractivity (Wildman–Crippen MR) is 125 cm³/mol. The third-order valence-corrected chi connectivity index (χ3v) is 6.04. The first-order valence-electron chi connectivity index (χ1n) is 11.4. The molecule has 0 bridgehead atoms. The van der Waals surface area contributed by atoms with Crippen molar-refractivity contribution in [2.45, 2.75) is 32.6 Å². The van der Waals surface area contributed by atoms with E-state index in [4.69, 9.17) is 0 Å². The summed E-state index contributed by atoms with van der Waals surface area (Å²) in [5, 5.41) is 0. The second-order valence-electron chi connectivity index (χ2n) is 8.53. The van der Waals surface area contributed by atoms with E-state index in [1.165, 1.54) is 36.4 Å². The molecule has 0 fully saturated rings. The number of halogens is 7. The van der Waals surface area contributed by atoms with E-state index in [1.54, 1.807) is 6.07 Å². The molecular weight excluding hydrogens is 481 g/mol. The lowest BCUT2D eigenvalue weighted by atomic mass is 9.96. The Balaban J connectivity index is 1.58. The number of rotatable bonds is 7. The zero-order valence-electron chi connectivity index (χ0n) is 19.2. The first kappa shape index (κ1) is 25.5. The standard InChI is InChI=1S/C29H21F7/c1-2-3-16-5-9-21(24(31)12-16)22-11-10-20(27(34)28(22)35)19-8-7-18(23(30)15-19)6-4-17-13-25(32)29(36)26(33)14-17/h5,7-15H,2-4,6H2,1H3. The molecule has 0 nitrogen and oxygen atoms in total. The molecule has 0 aliphatic carbocycles. The van der Waals surface area contributed by atoms with Gasteiger partial charge in [0.1, 0.15) is 11.6 Å². The van der Waals surface area contributed by atoms with Crippen molar-refractivity contribution in [3.63, 3.8) is 0 Å². The molecule has 0 spiro atoms. The summed E-state index contributed by atoms with van der Waals surface area (Å²) in [6.45, 7) is 1.95. The highest BCUT2D eigenvalue weighted by atomic mass is 19.2. The lowest BCUT2D eigenvalue weighted by Crippen LogP contribution is -2.00. The van der Waals surface area contributed by atoms with Crippen molar-refractivity contribution in [2.24, 2.45) is 0 Å². The highest BCUT2D eigenvalue weighted by molar-refractivity contribution is 5.72. The van der Waals surface area contributed by atoms with Crippen molar-refractivity contribution in [1.82, 2.24) is 0 Å². The van der Waals surface area contributed by atoms with Gasteiger partial charge >= 0.3 is 0 Å². The minimum atomic E-state index is -1.58. The van der Waals surface area contributed by atoms with Crippen LogP contribution in [0.15, 0.2) is 60.7 Å². The Morgan fingerprint density at radius 3 is 1.72 bits per heavy atom. The van der Waals surface area contributed by atoms with Crippen molar-refractivity contribution in [3.8, 4) is 22.3 Å². The number of aryl methyl sites for hydroxylation is 3. The van der Waals surface area contributed by atoms with Gasteiger partial charge < -0.3 is 0 Å². The monoisotopic (exact) mass is 502 g/mol. The molecule has 0 radical (unpaired) electrons. The fraction of sp³-hybridized carbons (Fsp3) is 0.172. The van der Waals surface area contributed by atoms with Gasteiger partial charge in [0.2, 0.25) is 0 Å². The summed E-state index contributed by atoms with van der Waals surface area (Å²) in [7, 11) is 0.